The summed E-state index contributed by atoms with van der Waals surface area (Å²) in [6, 6.07) is 9.07. The first-order chi connectivity index (χ1) is 7.92. The Morgan fingerprint density at radius 1 is 1.06 bits per heavy atom. The maximum atomic E-state index is 3.94. The van der Waals surface area contributed by atoms with Gasteiger partial charge in [0.15, 0.2) is 0 Å². The Morgan fingerprint density at radius 2 is 1.81 bits per heavy atom. The van der Waals surface area contributed by atoms with Gasteiger partial charge in [-0.3, -0.25) is 0 Å². The molecular weight excluding hydrogens is 192 g/mol. The van der Waals surface area contributed by atoms with Crippen molar-refractivity contribution in [1.82, 2.24) is 0 Å². The molecule has 0 aliphatic heterocycles. The van der Waals surface area contributed by atoms with Crippen molar-refractivity contribution in [2.24, 2.45) is 0 Å². The van der Waals surface area contributed by atoms with E-state index < -0.39 is 0 Å². The van der Waals surface area contributed by atoms with Gasteiger partial charge in [-0.1, -0.05) is 56.9 Å². The predicted octanol–water partition coefficient (Wildman–Crippen LogP) is 4.89. The van der Waals surface area contributed by atoms with Crippen molar-refractivity contribution in [3.05, 3.63) is 42.3 Å². The third-order valence-electron chi connectivity index (χ3n) is 3.80. The Hall–Kier alpha value is -0.780. The highest BCUT2D eigenvalue weighted by Gasteiger charge is 2.17. The molecule has 1 radical (unpaired) electrons. The SMILES string of the molecule is [CH2]CCCc1ccccc1C1CCCCC1. The first-order valence-electron chi connectivity index (χ1n) is 6.79. The van der Waals surface area contributed by atoms with Gasteiger partial charge < -0.3 is 0 Å². The zero-order valence-electron chi connectivity index (χ0n) is 10.3. The van der Waals surface area contributed by atoms with E-state index in [4.69, 9.17) is 0 Å². The second-order valence-corrected chi connectivity index (χ2v) is 4.99. The Balaban J connectivity index is 2.11. The van der Waals surface area contributed by atoms with Crippen LogP contribution in [-0.4, -0.2) is 0 Å². The molecule has 1 aliphatic carbocycles. The Labute approximate surface area is 100 Å². The van der Waals surface area contributed by atoms with Crippen LogP contribution in [0.4, 0.5) is 0 Å². The fraction of sp³-hybridized carbons (Fsp3) is 0.562. The summed E-state index contributed by atoms with van der Waals surface area (Å²) < 4.78 is 0. The van der Waals surface area contributed by atoms with Gasteiger partial charge in [0.05, 0.1) is 0 Å². The van der Waals surface area contributed by atoms with Crippen LogP contribution in [0.15, 0.2) is 24.3 Å². The van der Waals surface area contributed by atoms with Crippen LogP contribution in [-0.2, 0) is 6.42 Å². The van der Waals surface area contributed by atoms with Crippen molar-refractivity contribution in [2.75, 3.05) is 0 Å². The van der Waals surface area contributed by atoms with E-state index in [1.165, 1.54) is 44.9 Å². The Kier molecular flexibility index (Phi) is 4.44. The molecule has 0 unspecified atom stereocenters. The van der Waals surface area contributed by atoms with Gasteiger partial charge in [-0.15, -0.1) is 0 Å². The maximum Gasteiger partial charge on any atom is -0.0159 e. The van der Waals surface area contributed by atoms with Crippen LogP contribution in [0.5, 0.6) is 0 Å². The molecular formula is C16H23. The zero-order valence-corrected chi connectivity index (χ0v) is 10.3. The monoisotopic (exact) mass is 215 g/mol. The van der Waals surface area contributed by atoms with Gasteiger partial charge in [-0.2, -0.15) is 0 Å². The van der Waals surface area contributed by atoms with Crippen molar-refractivity contribution in [1.29, 1.82) is 0 Å². The normalized spacial score (nSPS) is 17.6. The molecule has 0 bridgehead atoms. The minimum Gasteiger partial charge on any atom is -0.0620 e. The van der Waals surface area contributed by atoms with Crippen LogP contribution < -0.4 is 0 Å². The summed E-state index contributed by atoms with van der Waals surface area (Å²) in [7, 11) is 0. The van der Waals surface area contributed by atoms with E-state index in [-0.39, 0.29) is 0 Å². The third kappa shape index (κ3) is 2.87. The second-order valence-electron chi connectivity index (χ2n) is 4.99. The maximum absolute atomic E-state index is 3.94. The van der Waals surface area contributed by atoms with Gasteiger partial charge >= 0.3 is 0 Å². The molecule has 0 aromatic heterocycles. The molecule has 1 aromatic rings. The minimum atomic E-state index is 0.842. The van der Waals surface area contributed by atoms with Gasteiger partial charge in [0.1, 0.15) is 0 Å². The average Bonchev–Trinajstić information content (AvgIpc) is 2.38. The lowest BCUT2D eigenvalue weighted by molar-refractivity contribution is 0.441. The van der Waals surface area contributed by atoms with Crippen LogP contribution in [0, 0.1) is 6.92 Å². The molecule has 0 amide bonds. The van der Waals surface area contributed by atoms with E-state index in [1.807, 2.05) is 0 Å². The van der Waals surface area contributed by atoms with E-state index in [2.05, 4.69) is 31.2 Å². The minimum absolute atomic E-state index is 0.842. The molecule has 0 atom stereocenters. The lowest BCUT2D eigenvalue weighted by Gasteiger charge is -2.24. The van der Waals surface area contributed by atoms with Crippen molar-refractivity contribution >= 4 is 0 Å². The molecule has 1 aliphatic rings. The zero-order chi connectivity index (χ0) is 11.2. The number of benzene rings is 1. The van der Waals surface area contributed by atoms with E-state index in [1.54, 1.807) is 11.1 Å². The van der Waals surface area contributed by atoms with E-state index in [0.29, 0.717) is 0 Å². The summed E-state index contributed by atoms with van der Waals surface area (Å²) in [5.74, 6) is 0.842. The highest BCUT2D eigenvalue weighted by Crippen LogP contribution is 2.34. The van der Waals surface area contributed by atoms with Gasteiger partial charge in [0, 0.05) is 0 Å². The van der Waals surface area contributed by atoms with Crippen LogP contribution in [0.1, 0.15) is 62.0 Å². The summed E-state index contributed by atoms with van der Waals surface area (Å²) >= 11 is 0. The third-order valence-corrected chi connectivity index (χ3v) is 3.80. The van der Waals surface area contributed by atoms with Crippen LogP contribution >= 0.6 is 0 Å². The fourth-order valence-corrected chi connectivity index (χ4v) is 2.89. The largest absolute Gasteiger partial charge is 0.0620 e. The smallest absolute Gasteiger partial charge is 0.0159 e. The van der Waals surface area contributed by atoms with Crippen LogP contribution in [0.25, 0.3) is 0 Å². The molecule has 0 heteroatoms. The molecule has 0 heterocycles. The fourth-order valence-electron chi connectivity index (χ4n) is 2.89. The molecule has 2 rings (SSSR count). The van der Waals surface area contributed by atoms with Crippen molar-refractivity contribution < 1.29 is 0 Å². The van der Waals surface area contributed by atoms with Crippen molar-refractivity contribution in [3.63, 3.8) is 0 Å². The lowest BCUT2D eigenvalue weighted by atomic mass is 9.81. The lowest BCUT2D eigenvalue weighted by Crippen LogP contribution is -2.07. The average molecular weight is 215 g/mol. The number of rotatable bonds is 4. The predicted molar refractivity (Wildman–Crippen MR) is 70.6 cm³/mol. The highest BCUT2D eigenvalue weighted by molar-refractivity contribution is 5.30. The quantitative estimate of drug-likeness (QED) is 0.670. The summed E-state index contributed by atoms with van der Waals surface area (Å²) in [4.78, 5) is 0. The summed E-state index contributed by atoms with van der Waals surface area (Å²) in [6.07, 6.45) is 10.6. The molecule has 87 valence electrons. The van der Waals surface area contributed by atoms with Gasteiger partial charge in [-0.25, -0.2) is 0 Å². The molecule has 0 N–H and O–H groups in total. The number of aryl methyl sites for hydroxylation is 1. The Bertz CT molecular complexity index is 308. The first kappa shape index (κ1) is 11.7. The summed E-state index contributed by atoms with van der Waals surface area (Å²) in [5.41, 5.74) is 3.22. The van der Waals surface area contributed by atoms with Gasteiger partial charge in [0.2, 0.25) is 0 Å². The van der Waals surface area contributed by atoms with Crippen LogP contribution in [0.3, 0.4) is 0 Å². The van der Waals surface area contributed by atoms with E-state index >= 15 is 0 Å². The number of hydrogen-bond acceptors (Lipinski definition) is 0. The number of hydrogen-bond donors (Lipinski definition) is 0. The number of unbranched alkanes of at least 4 members (excludes halogenated alkanes) is 1. The standard InChI is InChI=1S/C16H23/c1-2-3-9-14-12-7-8-13-16(14)15-10-5-4-6-11-15/h7-8,12-13,15H,1-6,9-11H2. The van der Waals surface area contributed by atoms with Gasteiger partial charge in [-0.05, 0) is 42.7 Å². The molecule has 0 nitrogen and oxygen atoms in total. The highest BCUT2D eigenvalue weighted by atomic mass is 14.2. The molecule has 1 saturated carbocycles. The summed E-state index contributed by atoms with van der Waals surface area (Å²) in [5, 5.41) is 0. The molecule has 1 fully saturated rings. The first-order valence-corrected chi connectivity index (χ1v) is 6.79. The summed E-state index contributed by atoms with van der Waals surface area (Å²) in [6.45, 7) is 3.94. The molecule has 0 spiro atoms. The van der Waals surface area contributed by atoms with Crippen LogP contribution in [0.2, 0.25) is 0 Å². The van der Waals surface area contributed by atoms with Crippen molar-refractivity contribution in [2.45, 2.75) is 57.3 Å². The second kappa shape index (κ2) is 6.08. The van der Waals surface area contributed by atoms with E-state index in [0.717, 1.165) is 12.3 Å². The molecule has 1 aromatic carbocycles. The topological polar surface area (TPSA) is 0 Å². The Morgan fingerprint density at radius 3 is 2.56 bits per heavy atom. The van der Waals surface area contributed by atoms with Gasteiger partial charge in [0.25, 0.3) is 0 Å². The molecule has 16 heavy (non-hydrogen) atoms. The molecule has 0 saturated heterocycles. The van der Waals surface area contributed by atoms with E-state index in [9.17, 15) is 0 Å². The van der Waals surface area contributed by atoms with Crippen molar-refractivity contribution in [3.8, 4) is 0 Å².